The summed E-state index contributed by atoms with van der Waals surface area (Å²) in [5.74, 6) is -0.833. The number of rotatable bonds is 10. The summed E-state index contributed by atoms with van der Waals surface area (Å²) in [7, 11) is 0. The normalized spacial score (nSPS) is 12.3. The largest absolute Gasteiger partial charge is 0.481 e. The van der Waals surface area contributed by atoms with Gasteiger partial charge in [0.25, 0.3) is 5.97 Å². The van der Waals surface area contributed by atoms with E-state index in [1.807, 2.05) is 6.07 Å². The van der Waals surface area contributed by atoms with Gasteiger partial charge in [0.15, 0.2) is 0 Å². The van der Waals surface area contributed by atoms with Crippen LogP contribution in [-0.4, -0.2) is 34.5 Å². The highest BCUT2D eigenvalue weighted by Gasteiger charge is 2.47. The van der Waals surface area contributed by atoms with E-state index in [1.54, 1.807) is 0 Å². The summed E-state index contributed by atoms with van der Waals surface area (Å²) in [5, 5.41) is 31.2. The lowest BCUT2D eigenvalue weighted by Gasteiger charge is -2.35. The van der Waals surface area contributed by atoms with Gasteiger partial charge >= 0.3 is 0 Å². The molecular weight excluding hydrogens is 1360 g/mol. The van der Waals surface area contributed by atoms with Crippen LogP contribution in [0.25, 0.3) is 132 Å². The molecule has 528 valence electrons. The Morgan fingerprint density at radius 1 is 0.291 bits per heavy atom. The monoisotopic (exact) mass is 1440 g/mol. The Labute approximate surface area is 643 Å². The molecule has 0 saturated heterocycles. The average molecular weight is 1440 g/mol. The van der Waals surface area contributed by atoms with E-state index in [0.717, 1.165) is 85.1 Å². The van der Waals surface area contributed by atoms with Crippen LogP contribution in [0.1, 0.15) is 57.0 Å². The van der Waals surface area contributed by atoms with E-state index in [1.165, 1.54) is 104 Å². The summed E-state index contributed by atoms with van der Waals surface area (Å²) in [6, 6.07) is 138. The van der Waals surface area contributed by atoms with Gasteiger partial charge in [-0.05, 0) is 167 Å². The molecule has 0 fully saturated rings. The number of carboxylic acid groups (broad SMARTS) is 1. The topological polar surface area (TPSA) is 77.2 Å². The molecule has 0 bridgehead atoms. The molecule has 1 aliphatic carbocycles. The second-order valence-electron chi connectivity index (χ2n) is 28.7. The molecule has 0 aliphatic heterocycles. The molecule has 1 aliphatic rings. The van der Waals surface area contributed by atoms with Crippen LogP contribution >= 0.6 is 12.4 Å². The molecule has 0 radical (unpaired) electrons. The average Bonchev–Trinajstić information content (AvgIpc) is 1.52. The zero-order chi connectivity index (χ0) is 73.5. The molecule has 20 aromatic rings. The number of benzene rings is 16. The first-order valence-electron chi connectivity index (χ1n) is 37.2. The third kappa shape index (κ3) is 11.0. The minimum Gasteiger partial charge on any atom is -0.481 e. The Balaban J connectivity index is 0.000000146. The quantitative estimate of drug-likeness (QED) is 0.134. The van der Waals surface area contributed by atoms with Gasteiger partial charge in [-0.2, -0.15) is 0 Å². The van der Waals surface area contributed by atoms with Crippen LogP contribution in [0.5, 0.6) is 0 Å². The van der Waals surface area contributed by atoms with Gasteiger partial charge in [-0.1, -0.05) is 296 Å². The molecule has 8 heteroatoms. The summed E-state index contributed by atoms with van der Waals surface area (Å²) in [6.07, 6.45) is 0. The van der Waals surface area contributed by atoms with Gasteiger partial charge in [-0.15, -0.1) is 12.4 Å². The molecule has 0 amide bonds. The van der Waals surface area contributed by atoms with E-state index in [-0.39, 0.29) is 12.4 Å². The second kappa shape index (κ2) is 27.7. The SMILES string of the molecule is CC(=O)O.Cc1ccc(-c2ccccc2)c(C(O)(c2cccc(-n3c4ccccc4c4ccccc43)c2)c2cccc(-n3c4ccccc4c4ccccc43)c2)c1.Cc1ccc2c(c1)C(c1cccc(-n3c4ccccc4c4ccccc43)c1)(c1cccc(-n3c4ccccc4c4ccccc43)c1)c1ccccc1-2.Cl. The highest BCUT2D eigenvalue weighted by atomic mass is 35.5. The third-order valence-electron chi connectivity index (χ3n) is 22.3. The van der Waals surface area contributed by atoms with Crippen molar-refractivity contribution in [2.45, 2.75) is 31.8 Å². The van der Waals surface area contributed by atoms with Crippen molar-refractivity contribution in [3.8, 4) is 45.0 Å². The molecule has 21 rings (SSSR count). The summed E-state index contributed by atoms with van der Waals surface area (Å²) < 4.78 is 9.51. The Morgan fingerprint density at radius 2 is 0.582 bits per heavy atom. The van der Waals surface area contributed by atoms with Crippen molar-refractivity contribution in [3.05, 3.63) is 432 Å². The van der Waals surface area contributed by atoms with Gasteiger partial charge in [0.1, 0.15) is 5.60 Å². The predicted molar refractivity (Wildman–Crippen MR) is 458 cm³/mol. The number of aromatic nitrogens is 4. The number of nitrogens with zero attached hydrogens (tertiary/aromatic N) is 4. The second-order valence-corrected chi connectivity index (χ2v) is 28.7. The number of para-hydroxylation sites is 8. The maximum Gasteiger partial charge on any atom is 0.300 e. The number of carbonyl (C=O) groups is 1. The van der Waals surface area contributed by atoms with Crippen molar-refractivity contribution in [2.75, 3.05) is 0 Å². The summed E-state index contributed by atoms with van der Waals surface area (Å²) in [5.41, 5.74) is 26.1. The minimum absolute atomic E-state index is 0. The maximum absolute atomic E-state index is 13.9. The van der Waals surface area contributed by atoms with Gasteiger partial charge < -0.3 is 28.5 Å². The summed E-state index contributed by atoms with van der Waals surface area (Å²) in [6.45, 7) is 5.40. The fraction of sp³-hybridized carbons (Fsp3) is 0.0490. The Morgan fingerprint density at radius 3 is 0.955 bits per heavy atom. The van der Waals surface area contributed by atoms with Gasteiger partial charge in [0.05, 0.1) is 49.5 Å². The number of aliphatic carboxylic acids is 1. The van der Waals surface area contributed by atoms with E-state index in [2.05, 4.69) is 408 Å². The van der Waals surface area contributed by atoms with Crippen LogP contribution in [0.3, 0.4) is 0 Å². The lowest BCUT2D eigenvalue weighted by molar-refractivity contribution is -0.134. The molecule has 0 atom stereocenters. The van der Waals surface area contributed by atoms with Crippen molar-refractivity contribution in [1.29, 1.82) is 0 Å². The highest BCUT2D eigenvalue weighted by molar-refractivity contribution is 6.12. The summed E-state index contributed by atoms with van der Waals surface area (Å²) >= 11 is 0. The molecule has 2 N–H and O–H groups in total. The highest BCUT2D eigenvalue weighted by Crippen LogP contribution is 2.57. The standard InChI is InChI=1S/C50H36N2O.C50H34N2.C2H4O2.ClH/c1-34-29-30-40(35-15-3-2-4-16-35)45(31-34)50(53,36-17-13-19-38(32-36)51-46-25-9-5-21-41(46)42-22-6-10-26-47(42)51)37-18-14-20-39(33-37)52-48-27-11-7-23-43(48)44-24-8-12-28-49(44)52;1-33-28-29-39-38-18-2-7-23-44(38)50(45(39)30-33,34-14-12-16-36(31-34)51-46-24-8-3-19-40(46)41-20-4-9-25-47(41)51)35-15-13-17-37(32-35)52-48-26-10-5-21-42(48)43-22-6-11-27-49(43)52;1-2(3)4;/h2-33,53H,1H3;2-32H,1H3;1H3,(H,3,4);1H. The van der Waals surface area contributed by atoms with E-state index < -0.39 is 17.0 Å². The fourth-order valence-corrected chi connectivity index (χ4v) is 17.8. The number of hydrogen-bond donors (Lipinski definition) is 2. The molecule has 4 heterocycles. The van der Waals surface area contributed by atoms with Crippen LogP contribution in [-0.2, 0) is 15.8 Å². The van der Waals surface area contributed by atoms with Crippen molar-refractivity contribution >= 4 is 106 Å². The van der Waals surface area contributed by atoms with Crippen molar-refractivity contribution in [1.82, 2.24) is 18.3 Å². The van der Waals surface area contributed by atoms with Gasteiger partial charge in [0, 0.05) is 78.3 Å². The molecule has 16 aromatic carbocycles. The first-order chi connectivity index (χ1) is 53.5. The fourth-order valence-electron chi connectivity index (χ4n) is 17.8. The maximum atomic E-state index is 13.9. The van der Waals surface area contributed by atoms with Crippen LogP contribution in [0.15, 0.2) is 382 Å². The third-order valence-corrected chi connectivity index (χ3v) is 22.3. The number of halogens is 1. The molecule has 0 spiro atoms. The Bertz CT molecular complexity index is 6460. The van der Waals surface area contributed by atoms with E-state index in [4.69, 9.17) is 9.90 Å². The first-order valence-corrected chi connectivity index (χ1v) is 37.2. The number of carboxylic acids is 1. The van der Waals surface area contributed by atoms with E-state index in [0.29, 0.717) is 0 Å². The lowest BCUT2D eigenvalue weighted by Crippen LogP contribution is -2.30. The van der Waals surface area contributed by atoms with Crippen molar-refractivity contribution in [2.24, 2.45) is 0 Å². The molecule has 0 unspecified atom stereocenters. The number of fused-ring (bicyclic) bond motifs is 15. The van der Waals surface area contributed by atoms with Gasteiger partial charge in [-0.25, -0.2) is 0 Å². The minimum atomic E-state index is -1.53. The predicted octanol–water partition coefficient (Wildman–Crippen LogP) is 25.2. The van der Waals surface area contributed by atoms with Crippen LogP contribution in [0.4, 0.5) is 0 Å². The van der Waals surface area contributed by atoms with Gasteiger partial charge in [-0.3, -0.25) is 4.79 Å². The van der Waals surface area contributed by atoms with Crippen LogP contribution < -0.4 is 0 Å². The number of hydrogen-bond acceptors (Lipinski definition) is 2. The lowest BCUT2D eigenvalue weighted by atomic mass is 9.67. The zero-order valence-corrected chi connectivity index (χ0v) is 61.7. The molecular formula is C102H75ClN4O3. The Kier molecular flexibility index (Phi) is 17.2. The van der Waals surface area contributed by atoms with E-state index in [9.17, 15) is 5.11 Å². The van der Waals surface area contributed by atoms with E-state index >= 15 is 0 Å². The molecule has 7 nitrogen and oxygen atoms in total. The number of aliphatic hydroxyl groups is 1. The van der Waals surface area contributed by atoms with Crippen LogP contribution in [0.2, 0.25) is 0 Å². The zero-order valence-electron chi connectivity index (χ0n) is 60.9. The first kappa shape index (κ1) is 68.3. The van der Waals surface area contributed by atoms with Crippen molar-refractivity contribution in [3.63, 3.8) is 0 Å². The summed E-state index contributed by atoms with van der Waals surface area (Å²) in [4.78, 5) is 9.00. The van der Waals surface area contributed by atoms with Crippen molar-refractivity contribution < 1.29 is 15.0 Å². The Hall–Kier alpha value is -13.6. The molecule has 0 saturated carbocycles. The van der Waals surface area contributed by atoms with Gasteiger partial charge in [0.2, 0.25) is 0 Å². The molecule has 4 aromatic heterocycles. The molecule has 110 heavy (non-hydrogen) atoms. The number of aryl methyl sites for hydroxylation is 2. The van der Waals surface area contributed by atoms with Crippen LogP contribution in [0, 0.1) is 13.8 Å². The smallest absolute Gasteiger partial charge is 0.300 e.